The summed E-state index contributed by atoms with van der Waals surface area (Å²) in [5, 5.41) is 0. The number of hydrogen-bond donors (Lipinski definition) is 0. The molecular formula is C30H37I2O4PS3. The molecule has 0 fully saturated rings. The van der Waals surface area contributed by atoms with Crippen LogP contribution in [-0.2, 0) is 38.2 Å². The molecule has 0 amide bonds. The van der Waals surface area contributed by atoms with Gasteiger partial charge in [0.1, 0.15) is 20.7 Å². The van der Waals surface area contributed by atoms with E-state index in [1.807, 2.05) is 66.0 Å². The lowest BCUT2D eigenvalue weighted by Gasteiger charge is -2.37. The Bertz CT molecular complexity index is 1030. The molecule has 0 aliphatic heterocycles. The first-order valence-electron chi connectivity index (χ1n) is 13.2. The van der Waals surface area contributed by atoms with E-state index in [1.165, 1.54) is 11.7 Å². The van der Waals surface area contributed by atoms with Crippen LogP contribution in [0.15, 0.2) is 91.0 Å². The fourth-order valence-electron chi connectivity index (χ4n) is 3.99. The van der Waals surface area contributed by atoms with Gasteiger partial charge in [-0.15, -0.1) is 23.5 Å². The van der Waals surface area contributed by atoms with Crippen molar-refractivity contribution < 1.29 is 18.4 Å². The summed E-state index contributed by atoms with van der Waals surface area (Å²) >= 11 is 10.2. The van der Waals surface area contributed by atoms with Crippen molar-refractivity contribution in [3.8, 4) is 0 Å². The van der Waals surface area contributed by atoms with Crippen LogP contribution >= 0.6 is 81.7 Å². The molecule has 0 heterocycles. The van der Waals surface area contributed by atoms with Gasteiger partial charge in [0.05, 0.1) is 31.0 Å². The number of hydrogen-bond acceptors (Lipinski definition) is 7. The van der Waals surface area contributed by atoms with Crippen molar-refractivity contribution in [2.75, 3.05) is 18.1 Å². The molecule has 0 N–H and O–H groups in total. The van der Waals surface area contributed by atoms with Gasteiger partial charge in [-0.3, -0.25) is 0 Å². The molecule has 3 rings (SSSR count). The summed E-state index contributed by atoms with van der Waals surface area (Å²) in [4.78, 5) is 0. The van der Waals surface area contributed by atoms with Gasteiger partial charge in [-0.2, -0.15) is 0 Å². The standard InChI is InChI=1S/C30H37I2O4PS3/c1-3-38-30(39-4-2)29(35-22-26-18-12-7-13-19-26)28(34-21-25-16-10-6-11-17-25)27(23-36-40-37(31)32)33-20-24-14-8-5-9-15-24/h5-19,27-30H,3-4,20-23H2,1-2H3/t27-,28+,29+/m1/s1. The van der Waals surface area contributed by atoms with Crippen molar-refractivity contribution in [3.05, 3.63) is 108 Å². The second-order valence-corrected chi connectivity index (χ2v) is 29.4. The van der Waals surface area contributed by atoms with Gasteiger partial charge in [0, 0.05) is 11.7 Å². The Balaban J connectivity index is 1.93. The highest BCUT2D eigenvalue weighted by molar-refractivity contribution is 14.3. The van der Waals surface area contributed by atoms with Crippen LogP contribution in [0.5, 0.6) is 0 Å². The minimum absolute atomic E-state index is 0.182. The molecule has 0 unspecified atom stereocenters. The fourth-order valence-corrected chi connectivity index (χ4v) is 9.44. The average Bonchev–Trinajstić information content (AvgIpc) is 2.98. The van der Waals surface area contributed by atoms with Gasteiger partial charge < -0.3 is 18.4 Å². The predicted molar refractivity (Wildman–Crippen MR) is 194 cm³/mol. The van der Waals surface area contributed by atoms with E-state index in [9.17, 15) is 0 Å². The Hall–Kier alpha value is 0.440. The van der Waals surface area contributed by atoms with Crippen molar-refractivity contribution in [2.24, 2.45) is 0 Å². The quantitative estimate of drug-likeness (QED) is 0.0485. The molecule has 0 radical (unpaired) electrons. The van der Waals surface area contributed by atoms with Crippen LogP contribution in [-0.4, -0.2) is 41.0 Å². The van der Waals surface area contributed by atoms with Crippen molar-refractivity contribution in [1.29, 1.82) is 0 Å². The molecule has 40 heavy (non-hydrogen) atoms. The maximum Gasteiger partial charge on any atom is 0.114 e. The largest absolute Gasteiger partial charge is 0.369 e. The van der Waals surface area contributed by atoms with Gasteiger partial charge in [-0.05, 0) is 72.3 Å². The monoisotopic (exact) mass is 842 g/mol. The highest BCUT2D eigenvalue weighted by Gasteiger charge is 2.38. The van der Waals surface area contributed by atoms with Crippen molar-refractivity contribution >= 4 is 81.7 Å². The maximum absolute atomic E-state index is 6.80. The number of ether oxygens (including phenoxy) is 3. The molecule has 0 aliphatic rings. The topological polar surface area (TPSA) is 36.9 Å². The number of thioether (sulfide) groups is 2. The van der Waals surface area contributed by atoms with Gasteiger partial charge in [0.15, 0.2) is 0 Å². The lowest BCUT2D eigenvalue weighted by molar-refractivity contribution is -0.154. The summed E-state index contributed by atoms with van der Waals surface area (Å²) < 4.78 is 26.2. The first-order valence-corrected chi connectivity index (χ1v) is 23.6. The van der Waals surface area contributed by atoms with Crippen LogP contribution in [0.3, 0.4) is 0 Å². The lowest BCUT2D eigenvalue weighted by atomic mass is 10.1. The van der Waals surface area contributed by atoms with Crippen molar-refractivity contribution in [3.63, 3.8) is 0 Å². The van der Waals surface area contributed by atoms with Gasteiger partial charge in [0.25, 0.3) is 0 Å². The Morgan fingerprint density at radius 2 is 1.05 bits per heavy atom. The van der Waals surface area contributed by atoms with Crippen molar-refractivity contribution in [1.82, 2.24) is 0 Å². The molecule has 0 aromatic heterocycles. The molecule has 3 aromatic carbocycles. The Morgan fingerprint density at radius 1 is 0.625 bits per heavy atom. The second-order valence-electron chi connectivity index (χ2n) is 8.70. The van der Waals surface area contributed by atoms with E-state index in [0.717, 1.165) is 28.2 Å². The van der Waals surface area contributed by atoms with Crippen LogP contribution in [0.25, 0.3) is 0 Å². The molecule has 3 atom stereocenters. The number of halogens is 2. The summed E-state index contributed by atoms with van der Waals surface area (Å²) in [6.07, 6.45) is -0.878. The van der Waals surface area contributed by atoms with E-state index in [4.69, 9.17) is 18.4 Å². The average molecular weight is 843 g/mol. The molecule has 0 bridgehead atoms. The molecule has 4 nitrogen and oxygen atoms in total. The summed E-state index contributed by atoms with van der Waals surface area (Å²) in [6, 6.07) is 31.0. The van der Waals surface area contributed by atoms with E-state index < -0.39 is 0 Å². The fraction of sp³-hybridized carbons (Fsp3) is 0.400. The maximum atomic E-state index is 6.80. The third kappa shape index (κ3) is 13.4. The summed E-state index contributed by atoms with van der Waals surface area (Å²) in [7, 11) is 0. The molecule has 0 aliphatic carbocycles. The van der Waals surface area contributed by atoms with Gasteiger partial charge in [0.2, 0.25) is 0 Å². The molecule has 0 spiro atoms. The lowest BCUT2D eigenvalue weighted by Crippen LogP contribution is -2.48. The third-order valence-corrected chi connectivity index (χ3v) is 12.4. The SMILES string of the molecule is CCSC(SCC)[C@@H](OCc1ccccc1)[C@@H](OCc1ccccc1)[C@@H](COSP(I)I)OCc1ccccc1. The van der Waals surface area contributed by atoms with E-state index in [2.05, 4.69) is 106 Å². The van der Waals surface area contributed by atoms with E-state index >= 15 is 0 Å². The first-order chi connectivity index (χ1) is 19.6. The van der Waals surface area contributed by atoms with E-state index in [-0.39, 0.29) is 25.3 Å². The van der Waals surface area contributed by atoms with Crippen LogP contribution in [0.1, 0.15) is 30.5 Å². The second kappa shape index (κ2) is 21.2. The minimum atomic E-state index is -0.342. The highest BCUT2D eigenvalue weighted by atomic mass is 127. The molecule has 0 saturated heterocycles. The zero-order valence-electron chi connectivity index (χ0n) is 22.8. The van der Waals surface area contributed by atoms with Crippen LogP contribution in [0.4, 0.5) is 0 Å². The molecule has 0 saturated carbocycles. The van der Waals surface area contributed by atoms with Crippen LogP contribution in [0, 0.1) is 0 Å². The van der Waals surface area contributed by atoms with Gasteiger partial charge >= 0.3 is 0 Å². The van der Waals surface area contributed by atoms with Crippen LogP contribution < -0.4 is 0 Å². The van der Waals surface area contributed by atoms with Gasteiger partial charge in [-0.1, -0.05) is 105 Å². The van der Waals surface area contributed by atoms with E-state index in [0.29, 0.717) is 26.4 Å². The van der Waals surface area contributed by atoms with Crippen molar-refractivity contribution in [2.45, 2.75) is 56.6 Å². The molecular weight excluding hydrogens is 805 g/mol. The number of rotatable bonds is 20. The highest BCUT2D eigenvalue weighted by Crippen LogP contribution is 2.65. The third-order valence-electron chi connectivity index (χ3n) is 5.84. The predicted octanol–water partition coefficient (Wildman–Crippen LogP) is 10.3. The molecule has 10 heteroatoms. The minimum Gasteiger partial charge on any atom is -0.369 e. The van der Waals surface area contributed by atoms with Gasteiger partial charge in [-0.25, -0.2) is 0 Å². The summed E-state index contributed by atoms with van der Waals surface area (Å²) in [6.45, 7) is 6.28. The zero-order valence-corrected chi connectivity index (χ0v) is 30.4. The van der Waals surface area contributed by atoms with Crippen LogP contribution in [0.2, 0.25) is 0 Å². The Labute approximate surface area is 279 Å². The Kier molecular flexibility index (Phi) is 18.5. The summed E-state index contributed by atoms with van der Waals surface area (Å²) in [5.74, 6) is 1.98. The molecule has 3 aromatic rings. The number of benzene rings is 3. The first kappa shape index (κ1) is 34.9. The normalized spacial score (nSPS) is 13.9. The zero-order chi connectivity index (χ0) is 28.4. The van der Waals surface area contributed by atoms with E-state index in [1.54, 1.807) is 0 Å². The smallest absolute Gasteiger partial charge is 0.114 e. The summed E-state index contributed by atoms with van der Waals surface area (Å²) in [5.41, 5.74) is 3.39. The molecule has 218 valence electrons. The Morgan fingerprint density at radius 3 is 1.48 bits per heavy atom.